The first-order valence-electron chi connectivity index (χ1n) is 11.6. The van der Waals surface area contributed by atoms with Crippen molar-refractivity contribution in [1.82, 2.24) is 10.2 Å². The Balaban J connectivity index is 1.55. The fourth-order valence-corrected chi connectivity index (χ4v) is 4.87. The van der Waals surface area contributed by atoms with Crippen LogP contribution < -0.4 is 15.0 Å². The summed E-state index contributed by atoms with van der Waals surface area (Å²) in [6, 6.07) is 13.0. The number of carbonyl (C=O) groups is 1. The maximum absolute atomic E-state index is 13.3. The molecule has 6 heteroatoms. The quantitative estimate of drug-likeness (QED) is 0.712. The van der Waals surface area contributed by atoms with Crippen LogP contribution in [0.15, 0.2) is 42.5 Å². The van der Waals surface area contributed by atoms with Crippen molar-refractivity contribution in [2.45, 2.75) is 39.3 Å². The van der Waals surface area contributed by atoms with Gasteiger partial charge in [0, 0.05) is 44.5 Å². The minimum absolute atomic E-state index is 0.0981. The summed E-state index contributed by atoms with van der Waals surface area (Å²) in [5.74, 6) is 1.24. The molecule has 1 amide bonds. The van der Waals surface area contributed by atoms with Crippen molar-refractivity contribution in [3.05, 3.63) is 59.4 Å². The highest BCUT2D eigenvalue weighted by atomic mass is 19.1. The van der Waals surface area contributed by atoms with Crippen LogP contribution in [0.4, 0.5) is 10.1 Å². The summed E-state index contributed by atoms with van der Waals surface area (Å²) < 4.78 is 18.8. The molecule has 4 rings (SSSR count). The molecule has 32 heavy (non-hydrogen) atoms. The molecule has 2 heterocycles. The molecule has 2 aliphatic heterocycles. The Morgan fingerprint density at radius 3 is 2.69 bits per heavy atom. The maximum Gasteiger partial charge on any atom is 0.225 e. The van der Waals surface area contributed by atoms with Crippen molar-refractivity contribution in [3.8, 4) is 5.75 Å². The Morgan fingerprint density at radius 1 is 1.19 bits per heavy atom. The average Bonchev–Trinajstić information content (AvgIpc) is 2.79. The molecule has 0 saturated carbocycles. The zero-order valence-corrected chi connectivity index (χ0v) is 19.3. The van der Waals surface area contributed by atoms with Crippen LogP contribution in [0.1, 0.15) is 31.4 Å². The minimum Gasteiger partial charge on any atom is -0.497 e. The first-order valence-corrected chi connectivity index (χ1v) is 11.6. The largest absolute Gasteiger partial charge is 0.497 e. The van der Waals surface area contributed by atoms with Crippen LogP contribution in [0.3, 0.4) is 0 Å². The Labute approximate surface area is 190 Å². The number of ether oxygens (including phenoxy) is 1. The Morgan fingerprint density at radius 2 is 1.97 bits per heavy atom. The Kier molecular flexibility index (Phi) is 6.99. The number of hydrogen-bond donors (Lipinski definition) is 1. The third-order valence-corrected chi connectivity index (χ3v) is 6.69. The molecular weight excluding hydrogens is 405 g/mol. The van der Waals surface area contributed by atoms with E-state index >= 15 is 0 Å². The first-order chi connectivity index (χ1) is 15.4. The van der Waals surface area contributed by atoms with Crippen LogP contribution in [0, 0.1) is 17.7 Å². The molecule has 2 aliphatic rings. The highest BCUT2D eigenvalue weighted by molar-refractivity contribution is 5.82. The van der Waals surface area contributed by atoms with E-state index in [1.807, 2.05) is 18.2 Å². The van der Waals surface area contributed by atoms with Crippen LogP contribution in [0.2, 0.25) is 0 Å². The first kappa shape index (κ1) is 22.6. The number of nitrogens with zero attached hydrogens (tertiary/aromatic N) is 2. The molecule has 2 aromatic rings. The molecule has 2 atom stereocenters. The van der Waals surface area contributed by atoms with Crippen molar-refractivity contribution in [2.24, 2.45) is 11.8 Å². The molecular formula is C26H34FN3O2. The second-order valence-electron chi connectivity index (χ2n) is 9.40. The van der Waals surface area contributed by atoms with Gasteiger partial charge >= 0.3 is 0 Å². The normalized spacial score (nSPS) is 20.6. The fraction of sp³-hybridized carbons (Fsp3) is 0.500. The molecule has 1 N–H and O–H groups in total. The van der Waals surface area contributed by atoms with Gasteiger partial charge in [0.25, 0.3) is 0 Å². The van der Waals surface area contributed by atoms with E-state index in [0.29, 0.717) is 12.5 Å². The Bertz CT molecular complexity index is 931. The van der Waals surface area contributed by atoms with Gasteiger partial charge in [-0.1, -0.05) is 32.0 Å². The molecule has 1 fully saturated rings. The van der Waals surface area contributed by atoms with E-state index in [9.17, 15) is 9.18 Å². The topological polar surface area (TPSA) is 44.8 Å². The van der Waals surface area contributed by atoms with Crippen LogP contribution >= 0.6 is 0 Å². The average molecular weight is 440 g/mol. The van der Waals surface area contributed by atoms with Gasteiger partial charge in [-0.15, -0.1) is 0 Å². The predicted molar refractivity (Wildman–Crippen MR) is 125 cm³/mol. The van der Waals surface area contributed by atoms with E-state index in [2.05, 4.69) is 41.1 Å². The van der Waals surface area contributed by atoms with Gasteiger partial charge in [-0.3, -0.25) is 9.69 Å². The van der Waals surface area contributed by atoms with Crippen molar-refractivity contribution >= 4 is 11.6 Å². The molecule has 0 radical (unpaired) electrons. The number of halogens is 1. The van der Waals surface area contributed by atoms with Gasteiger partial charge in [-0.05, 0) is 48.1 Å². The standard InChI is InChI=1S/C26H34FN3O2/c1-18(2)10-11-28-26(31)23-14-20-6-9-22(32-3)15-24(20)30-13-12-29(17-25(23)30)16-19-4-7-21(27)8-5-19/h4-9,15,18,23,25H,10-14,16-17H2,1-3H3,(H,28,31). The van der Waals surface area contributed by atoms with Crippen LogP contribution in [-0.2, 0) is 17.8 Å². The molecule has 1 saturated heterocycles. The highest BCUT2D eigenvalue weighted by Crippen LogP contribution is 2.38. The highest BCUT2D eigenvalue weighted by Gasteiger charge is 2.41. The van der Waals surface area contributed by atoms with Gasteiger partial charge < -0.3 is 15.0 Å². The lowest BCUT2D eigenvalue weighted by atomic mass is 9.83. The number of methoxy groups -OCH3 is 1. The summed E-state index contributed by atoms with van der Waals surface area (Å²) in [5, 5.41) is 3.19. The number of fused-ring (bicyclic) bond motifs is 3. The monoisotopic (exact) mass is 439 g/mol. The van der Waals surface area contributed by atoms with Gasteiger partial charge in [0.15, 0.2) is 0 Å². The van der Waals surface area contributed by atoms with Gasteiger partial charge in [0.1, 0.15) is 11.6 Å². The van der Waals surface area contributed by atoms with E-state index in [0.717, 1.165) is 50.3 Å². The number of rotatable bonds is 7. The molecule has 0 bridgehead atoms. The number of anilines is 1. The minimum atomic E-state index is -0.213. The summed E-state index contributed by atoms with van der Waals surface area (Å²) in [7, 11) is 1.69. The lowest BCUT2D eigenvalue weighted by Crippen LogP contribution is -2.60. The lowest BCUT2D eigenvalue weighted by molar-refractivity contribution is -0.126. The second kappa shape index (κ2) is 9.90. The van der Waals surface area contributed by atoms with Crippen LogP contribution in [-0.4, -0.2) is 50.1 Å². The Hall–Kier alpha value is -2.60. The van der Waals surface area contributed by atoms with E-state index in [1.165, 1.54) is 23.4 Å². The van der Waals surface area contributed by atoms with Gasteiger partial charge in [-0.2, -0.15) is 0 Å². The summed E-state index contributed by atoms with van der Waals surface area (Å²) in [4.78, 5) is 18.0. The second-order valence-corrected chi connectivity index (χ2v) is 9.40. The molecule has 2 unspecified atom stereocenters. The predicted octanol–water partition coefficient (Wildman–Crippen LogP) is 3.86. The third-order valence-electron chi connectivity index (χ3n) is 6.69. The van der Waals surface area contributed by atoms with E-state index in [1.54, 1.807) is 7.11 Å². The number of amides is 1. The third kappa shape index (κ3) is 5.07. The maximum atomic E-state index is 13.3. The van der Waals surface area contributed by atoms with Gasteiger partial charge in [0.05, 0.1) is 19.1 Å². The van der Waals surface area contributed by atoms with Crippen molar-refractivity contribution in [1.29, 1.82) is 0 Å². The van der Waals surface area contributed by atoms with E-state index < -0.39 is 0 Å². The van der Waals surface area contributed by atoms with Crippen molar-refractivity contribution in [3.63, 3.8) is 0 Å². The van der Waals surface area contributed by atoms with Crippen molar-refractivity contribution < 1.29 is 13.9 Å². The molecule has 2 aromatic carbocycles. The van der Waals surface area contributed by atoms with Gasteiger partial charge in [0.2, 0.25) is 5.91 Å². The zero-order chi connectivity index (χ0) is 22.7. The molecule has 0 aromatic heterocycles. The smallest absolute Gasteiger partial charge is 0.225 e. The fourth-order valence-electron chi connectivity index (χ4n) is 4.87. The van der Waals surface area contributed by atoms with Crippen molar-refractivity contribution in [2.75, 3.05) is 38.2 Å². The molecule has 5 nitrogen and oxygen atoms in total. The van der Waals surface area contributed by atoms with E-state index in [4.69, 9.17) is 4.74 Å². The summed E-state index contributed by atoms with van der Waals surface area (Å²) in [6.45, 7) is 8.37. The number of carbonyl (C=O) groups excluding carboxylic acids is 1. The lowest BCUT2D eigenvalue weighted by Gasteiger charge is -2.49. The number of hydrogen-bond acceptors (Lipinski definition) is 4. The number of benzene rings is 2. The molecule has 0 spiro atoms. The summed E-state index contributed by atoms with van der Waals surface area (Å²) >= 11 is 0. The van der Waals surface area contributed by atoms with Crippen LogP contribution in [0.25, 0.3) is 0 Å². The molecule has 0 aliphatic carbocycles. The number of piperazine rings is 1. The summed E-state index contributed by atoms with van der Waals surface area (Å²) in [6.07, 6.45) is 1.72. The van der Waals surface area contributed by atoms with Crippen LogP contribution in [0.5, 0.6) is 5.75 Å². The summed E-state index contributed by atoms with van der Waals surface area (Å²) in [5.41, 5.74) is 3.48. The van der Waals surface area contributed by atoms with Gasteiger partial charge in [-0.25, -0.2) is 4.39 Å². The zero-order valence-electron chi connectivity index (χ0n) is 19.3. The molecule has 172 valence electrons. The SMILES string of the molecule is COc1ccc2c(c1)N1CCN(Cc3ccc(F)cc3)CC1C(C(=O)NCCC(C)C)C2. The number of nitrogens with one attached hydrogen (secondary N) is 1. The van der Waals surface area contributed by atoms with E-state index in [-0.39, 0.29) is 23.7 Å².